The number of nitrogens with zero attached hydrogens (tertiary/aromatic N) is 2. The van der Waals surface area contributed by atoms with E-state index in [1.165, 1.54) is 24.3 Å². The van der Waals surface area contributed by atoms with Gasteiger partial charge in [0.05, 0.1) is 6.20 Å². The fourth-order valence-electron chi connectivity index (χ4n) is 3.73. The number of aromatic nitrogens is 2. The van der Waals surface area contributed by atoms with Crippen LogP contribution in [0, 0.1) is 12.7 Å². The van der Waals surface area contributed by atoms with Crippen LogP contribution in [0.15, 0.2) is 76.8 Å². The maximum absolute atomic E-state index is 13.4. The molecule has 2 aromatic carbocycles. The normalized spacial score (nSPS) is 11.9. The monoisotopic (exact) mass is 562 g/mol. The zero-order chi connectivity index (χ0) is 28.0. The van der Waals surface area contributed by atoms with Gasteiger partial charge in [0.1, 0.15) is 10.7 Å². The topological polar surface area (TPSA) is 194 Å². The predicted octanol–water partition coefficient (Wildman–Crippen LogP) is 1.93. The summed E-state index contributed by atoms with van der Waals surface area (Å²) in [6.45, 7) is 1.78. The van der Waals surface area contributed by atoms with Gasteiger partial charge in [0, 0.05) is 17.6 Å². The van der Waals surface area contributed by atoms with Crippen LogP contribution < -0.4 is 15.0 Å². The lowest BCUT2D eigenvalue weighted by Crippen LogP contribution is -2.22. The first-order valence-electron chi connectivity index (χ1n) is 10.5. The minimum atomic E-state index is -4.79. The average molecular weight is 563 g/mol. The molecule has 4 aromatic rings. The number of aryl methyl sites for hydroxylation is 1. The summed E-state index contributed by atoms with van der Waals surface area (Å²) < 4.78 is 70.0. The molecule has 0 atom stereocenters. The molecule has 0 unspecified atom stereocenters. The van der Waals surface area contributed by atoms with Crippen molar-refractivity contribution >= 4 is 32.0 Å². The smallest absolute Gasteiger partial charge is 0.362 e. The largest absolute Gasteiger partial charge is 0.477 e. The van der Waals surface area contributed by atoms with Crippen LogP contribution in [0.25, 0.3) is 11.4 Å². The minimum absolute atomic E-state index is 0.142. The van der Waals surface area contributed by atoms with E-state index in [2.05, 4.69) is 0 Å². The third kappa shape index (κ3) is 5.08. The van der Waals surface area contributed by atoms with Gasteiger partial charge in [-0.1, -0.05) is 17.7 Å². The number of primary sulfonamides is 2. The van der Waals surface area contributed by atoms with Crippen LogP contribution in [0.5, 0.6) is 5.75 Å². The summed E-state index contributed by atoms with van der Waals surface area (Å²) in [5.74, 6) is -4.49. The molecule has 0 aliphatic rings. The molecule has 12 nitrogen and oxygen atoms in total. The van der Waals surface area contributed by atoms with Gasteiger partial charge in [-0.05, 0) is 49.4 Å². The lowest BCUT2D eigenvalue weighted by molar-refractivity contribution is 0.0674. The number of carboxylic acid groups (broad SMARTS) is 1. The van der Waals surface area contributed by atoms with Crippen LogP contribution in [0.4, 0.5) is 4.39 Å². The summed E-state index contributed by atoms with van der Waals surface area (Å²) in [7, 11) is -9.30. The van der Waals surface area contributed by atoms with Crippen molar-refractivity contribution in [2.24, 2.45) is 10.3 Å². The second-order valence-electron chi connectivity index (χ2n) is 8.04. The second kappa shape index (κ2) is 9.53. The van der Waals surface area contributed by atoms with Gasteiger partial charge in [0.15, 0.2) is 22.0 Å². The molecule has 198 valence electrons. The van der Waals surface area contributed by atoms with Gasteiger partial charge < -0.3 is 19.0 Å². The van der Waals surface area contributed by atoms with Crippen molar-refractivity contribution in [3.8, 4) is 17.1 Å². The number of hydrogen-bond acceptors (Lipinski definition) is 7. The van der Waals surface area contributed by atoms with Gasteiger partial charge in [-0.2, -0.15) is 0 Å². The maximum atomic E-state index is 13.4. The van der Waals surface area contributed by atoms with Crippen LogP contribution in [0.1, 0.15) is 26.5 Å². The standard InChI is InChI=1S/C23H19FN4O8S2/c1-13-2-6-16(7-3-13)28-12-17(21(38(26,34)35)20(28)22(29)30)36-23(31)19-18(37(25,32)33)10-11-27(19)15-8-4-14(24)5-9-15/h2-12H,1H3,(H,29,30)(H2,25,32,33)(H2,26,34,35). The molecule has 2 aromatic heterocycles. The fourth-order valence-corrected chi connectivity index (χ4v) is 5.26. The Morgan fingerprint density at radius 3 is 1.92 bits per heavy atom. The second-order valence-corrected chi connectivity index (χ2v) is 11.1. The number of carbonyl (C=O) groups is 2. The van der Waals surface area contributed by atoms with Crippen LogP contribution in [-0.4, -0.2) is 43.0 Å². The van der Waals surface area contributed by atoms with Gasteiger partial charge in [-0.3, -0.25) is 0 Å². The third-order valence-electron chi connectivity index (χ3n) is 5.38. The Morgan fingerprint density at radius 2 is 1.39 bits per heavy atom. The fraction of sp³-hybridized carbons (Fsp3) is 0.0435. The molecule has 0 amide bonds. The van der Waals surface area contributed by atoms with Crippen molar-refractivity contribution in [1.82, 2.24) is 9.13 Å². The van der Waals surface area contributed by atoms with Crippen molar-refractivity contribution < 1.29 is 40.7 Å². The molecule has 2 heterocycles. The molecule has 15 heteroatoms. The van der Waals surface area contributed by atoms with Gasteiger partial charge in [0.25, 0.3) is 0 Å². The number of halogens is 1. The Hall–Kier alpha value is -4.31. The van der Waals surface area contributed by atoms with E-state index < -0.39 is 64.7 Å². The average Bonchev–Trinajstić information content (AvgIpc) is 3.42. The Kier molecular flexibility index (Phi) is 6.71. The van der Waals surface area contributed by atoms with E-state index >= 15 is 0 Å². The zero-order valence-electron chi connectivity index (χ0n) is 19.4. The third-order valence-corrected chi connectivity index (χ3v) is 7.29. The highest BCUT2D eigenvalue weighted by Gasteiger charge is 2.34. The van der Waals surface area contributed by atoms with Crippen LogP contribution in [0.3, 0.4) is 0 Å². The number of sulfonamides is 2. The molecule has 0 bridgehead atoms. The summed E-state index contributed by atoms with van der Waals surface area (Å²) in [5.41, 5.74) is -0.296. The molecule has 0 saturated carbocycles. The van der Waals surface area contributed by atoms with Crippen molar-refractivity contribution in [2.75, 3.05) is 0 Å². The summed E-state index contributed by atoms with van der Waals surface area (Å²) in [6.07, 6.45) is 2.08. The van der Waals surface area contributed by atoms with E-state index in [1.807, 2.05) is 0 Å². The molecule has 0 spiro atoms. The van der Waals surface area contributed by atoms with Crippen molar-refractivity contribution in [3.05, 3.63) is 89.8 Å². The number of benzene rings is 2. The van der Waals surface area contributed by atoms with Gasteiger partial charge in [-0.25, -0.2) is 41.1 Å². The van der Waals surface area contributed by atoms with Crippen LogP contribution in [-0.2, 0) is 20.0 Å². The molecular formula is C23H19FN4O8S2. The number of carboxylic acids is 1. The molecule has 5 N–H and O–H groups in total. The first-order chi connectivity index (χ1) is 17.7. The predicted molar refractivity (Wildman–Crippen MR) is 131 cm³/mol. The molecule has 0 saturated heterocycles. The van der Waals surface area contributed by atoms with Crippen molar-refractivity contribution in [2.45, 2.75) is 16.7 Å². The first-order valence-corrected chi connectivity index (χ1v) is 13.6. The lowest BCUT2D eigenvalue weighted by atomic mass is 10.2. The summed E-state index contributed by atoms with van der Waals surface area (Å²) in [4.78, 5) is 23.7. The molecule has 0 radical (unpaired) electrons. The molecule has 0 fully saturated rings. The SMILES string of the molecule is Cc1ccc(-n2cc(OC(=O)c3c(S(N)(=O)=O)ccn3-c3ccc(F)cc3)c(S(N)(=O)=O)c2C(=O)O)cc1. The zero-order valence-corrected chi connectivity index (χ0v) is 21.0. The van der Waals surface area contributed by atoms with E-state index in [1.54, 1.807) is 19.1 Å². The number of hydrogen-bond donors (Lipinski definition) is 3. The minimum Gasteiger partial charge on any atom is -0.477 e. The molecule has 0 aliphatic carbocycles. The molecule has 0 aliphatic heterocycles. The summed E-state index contributed by atoms with van der Waals surface area (Å²) >= 11 is 0. The van der Waals surface area contributed by atoms with E-state index in [0.29, 0.717) is 0 Å². The summed E-state index contributed by atoms with van der Waals surface area (Å²) in [5, 5.41) is 20.4. The number of esters is 1. The van der Waals surface area contributed by atoms with Gasteiger partial charge >= 0.3 is 11.9 Å². The Balaban J connectivity index is 1.92. The highest BCUT2D eigenvalue weighted by atomic mass is 32.2. The Morgan fingerprint density at radius 1 is 0.842 bits per heavy atom. The molecule has 38 heavy (non-hydrogen) atoms. The van der Waals surface area contributed by atoms with Crippen LogP contribution in [0.2, 0.25) is 0 Å². The van der Waals surface area contributed by atoms with Gasteiger partial charge in [0.2, 0.25) is 20.0 Å². The quantitative estimate of drug-likeness (QED) is 0.284. The highest BCUT2D eigenvalue weighted by molar-refractivity contribution is 7.89. The number of nitrogens with two attached hydrogens (primary N) is 2. The molecular weight excluding hydrogens is 543 g/mol. The van der Waals surface area contributed by atoms with Crippen LogP contribution >= 0.6 is 0 Å². The highest BCUT2D eigenvalue weighted by Crippen LogP contribution is 2.33. The van der Waals surface area contributed by atoms with E-state index in [0.717, 1.165) is 45.3 Å². The Labute approximate surface area is 215 Å². The van der Waals surface area contributed by atoms with E-state index in [9.17, 15) is 35.9 Å². The number of aromatic carboxylic acids is 1. The Bertz CT molecular complexity index is 1790. The maximum Gasteiger partial charge on any atom is 0.362 e. The van der Waals surface area contributed by atoms with Crippen molar-refractivity contribution in [3.63, 3.8) is 0 Å². The number of ether oxygens (including phenoxy) is 1. The van der Waals surface area contributed by atoms with E-state index in [-0.39, 0.29) is 11.4 Å². The van der Waals surface area contributed by atoms with E-state index in [4.69, 9.17) is 15.0 Å². The first kappa shape index (κ1) is 26.7. The van der Waals surface area contributed by atoms with Crippen molar-refractivity contribution in [1.29, 1.82) is 0 Å². The van der Waals surface area contributed by atoms with Gasteiger partial charge in [-0.15, -0.1) is 0 Å². The lowest BCUT2D eigenvalue weighted by Gasteiger charge is -2.11. The summed E-state index contributed by atoms with van der Waals surface area (Å²) in [6, 6.07) is 11.9. The number of carbonyl (C=O) groups excluding carboxylic acids is 1. The number of rotatable bonds is 7. The molecule has 4 rings (SSSR count).